The van der Waals surface area contributed by atoms with Gasteiger partial charge in [0.15, 0.2) is 5.96 Å². The zero-order chi connectivity index (χ0) is 16.5. The van der Waals surface area contributed by atoms with Gasteiger partial charge in [0, 0.05) is 25.0 Å². The predicted molar refractivity (Wildman–Crippen MR) is 111 cm³/mol. The number of hydrogen-bond donors (Lipinski definition) is 2. The molecule has 2 N–H and O–H groups in total. The first-order valence-electron chi connectivity index (χ1n) is 9.04. The Kier molecular flexibility index (Phi) is 10.4. The van der Waals surface area contributed by atoms with Gasteiger partial charge in [-0.2, -0.15) is 0 Å². The van der Waals surface area contributed by atoms with Crippen LogP contribution in [0.25, 0.3) is 0 Å². The maximum absolute atomic E-state index is 5.38. The number of hydrogen-bond acceptors (Lipinski definition) is 3. The van der Waals surface area contributed by atoms with Crippen molar-refractivity contribution in [2.45, 2.75) is 58.5 Å². The topological polar surface area (TPSA) is 52.8 Å². The van der Waals surface area contributed by atoms with E-state index in [9.17, 15) is 0 Å². The third kappa shape index (κ3) is 7.01. The van der Waals surface area contributed by atoms with Crippen molar-refractivity contribution in [1.82, 2.24) is 15.5 Å². The van der Waals surface area contributed by atoms with Crippen LogP contribution in [-0.4, -0.2) is 49.1 Å². The second-order valence-electron chi connectivity index (χ2n) is 6.32. The molecule has 0 radical (unpaired) electrons. The third-order valence-electron chi connectivity index (χ3n) is 4.60. The molecule has 2 rings (SSSR count). The third-order valence-corrected chi connectivity index (χ3v) is 4.60. The first-order chi connectivity index (χ1) is 11.2. The Bertz CT molecular complexity index is 464. The number of nitrogens with one attached hydrogen (secondary N) is 2. The van der Waals surface area contributed by atoms with E-state index in [2.05, 4.69) is 36.3 Å². The lowest BCUT2D eigenvalue weighted by molar-refractivity contribution is 0.273. The minimum atomic E-state index is 0. The molecule has 1 aliphatic heterocycles. The Morgan fingerprint density at radius 3 is 2.96 bits per heavy atom. The summed E-state index contributed by atoms with van der Waals surface area (Å²) in [6, 6.07) is 4.97. The van der Waals surface area contributed by atoms with Crippen molar-refractivity contribution in [3.05, 3.63) is 24.2 Å². The van der Waals surface area contributed by atoms with Crippen LogP contribution < -0.4 is 10.6 Å². The van der Waals surface area contributed by atoms with Gasteiger partial charge in [-0.15, -0.1) is 24.0 Å². The fraction of sp³-hybridized carbons (Fsp3) is 0.722. The summed E-state index contributed by atoms with van der Waals surface area (Å²) < 4.78 is 5.38. The highest BCUT2D eigenvalue weighted by atomic mass is 127. The molecule has 0 amide bonds. The summed E-state index contributed by atoms with van der Waals surface area (Å²) in [5, 5.41) is 6.93. The molecular formula is C18H33IN4O. The molecule has 1 fully saturated rings. The Morgan fingerprint density at radius 1 is 1.46 bits per heavy atom. The summed E-state index contributed by atoms with van der Waals surface area (Å²) in [4.78, 5) is 7.37. The van der Waals surface area contributed by atoms with Crippen LogP contribution in [0.2, 0.25) is 0 Å². The number of furan rings is 1. The van der Waals surface area contributed by atoms with Gasteiger partial charge in [0.1, 0.15) is 5.76 Å². The average Bonchev–Trinajstić information content (AvgIpc) is 3.23. The Morgan fingerprint density at radius 2 is 2.29 bits per heavy atom. The number of nitrogens with zero attached hydrogens (tertiary/aromatic N) is 2. The highest BCUT2D eigenvalue weighted by Crippen LogP contribution is 2.16. The van der Waals surface area contributed by atoms with Crippen molar-refractivity contribution >= 4 is 29.9 Å². The summed E-state index contributed by atoms with van der Waals surface area (Å²) in [6.07, 6.45) is 6.25. The van der Waals surface area contributed by atoms with Crippen LogP contribution in [0.5, 0.6) is 0 Å². The van der Waals surface area contributed by atoms with Gasteiger partial charge in [0.2, 0.25) is 0 Å². The van der Waals surface area contributed by atoms with E-state index >= 15 is 0 Å². The smallest absolute Gasteiger partial charge is 0.191 e. The molecule has 0 aliphatic carbocycles. The highest BCUT2D eigenvalue weighted by molar-refractivity contribution is 14.0. The monoisotopic (exact) mass is 448 g/mol. The van der Waals surface area contributed by atoms with E-state index in [0.29, 0.717) is 12.1 Å². The number of rotatable bonds is 8. The Labute approximate surface area is 163 Å². The summed E-state index contributed by atoms with van der Waals surface area (Å²) >= 11 is 0. The van der Waals surface area contributed by atoms with Gasteiger partial charge in [0.05, 0.1) is 12.8 Å². The largest absolute Gasteiger partial charge is 0.469 e. The molecule has 2 atom stereocenters. The van der Waals surface area contributed by atoms with Gasteiger partial charge < -0.3 is 15.1 Å². The van der Waals surface area contributed by atoms with Crippen LogP contribution in [0.1, 0.15) is 45.8 Å². The number of halogens is 1. The Balaban J connectivity index is 0.00000288. The molecule has 0 bridgehead atoms. The zero-order valence-electron chi connectivity index (χ0n) is 15.3. The number of likely N-dealkylation sites (tertiary alicyclic amines) is 1. The predicted octanol–water partition coefficient (Wildman–Crippen LogP) is 3.26. The van der Waals surface area contributed by atoms with Crippen LogP contribution in [0.4, 0.5) is 0 Å². The molecule has 1 aromatic rings. The quantitative estimate of drug-likeness (QED) is 0.364. The van der Waals surface area contributed by atoms with Crippen LogP contribution in [0.3, 0.4) is 0 Å². The van der Waals surface area contributed by atoms with E-state index in [1.807, 2.05) is 12.1 Å². The molecule has 1 aliphatic rings. The number of likely N-dealkylation sites (N-methyl/N-ethyl adjacent to an activating group) is 1. The normalized spacial score (nSPS) is 19.8. The van der Waals surface area contributed by atoms with E-state index in [1.165, 1.54) is 19.4 Å². The van der Waals surface area contributed by atoms with Crippen molar-refractivity contribution in [2.75, 3.05) is 26.2 Å². The lowest BCUT2D eigenvalue weighted by atomic mass is 10.2. The van der Waals surface area contributed by atoms with Crippen molar-refractivity contribution in [3.63, 3.8) is 0 Å². The van der Waals surface area contributed by atoms with Crippen molar-refractivity contribution in [1.29, 1.82) is 0 Å². The molecule has 2 unspecified atom stereocenters. The Hall–Kier alpha value is -0.760. The average molecular weight is 448 g/mol. The van der Waals surface area contributed by atoms with Gasteiger partial charge in [-0.25, -0.2) is 0 Å². The second kappa shape index (κ2) is 11.7. The molecular weight excluding hydrogens is 415 g/mol. The molecule has 5 nitrogen and oxygen atoms in total. The van der Waals surface area contributed by atoms with Gasteiger partial charge in [-0.1, -0.05) is 13.8 Å². The lowest BCUT2D eigenvalue weighted by Gasteiger charge is -2.22. The molecule has 24 heavy (non-hydrogen) atoms. The highest BCUT2D eigenvalue weighted by Gasteiger charge is 2.22. The summed E-state index contributed by atoms with van der Waals surface area (Å²) in [7, 11) is 0. The molecule has 1 saturated heterocycles. The van der Waals surface area contributed by atoms with Crippen LogP contribution in [0, 0.1) is 0 Å². The van der Waals surface area contributed by atoms with Gasteiger partial charge >= 0.3 is 0 Å². The second-order valence-corrected chi connectivity index (χ2v) is 6.32. The van der Waals surface area contributed by atoms with Gasteiger partial charge in [0.25, 0.3) is 0 Å². The van der Waals surface area contributed by atoms with Crippen molar-refractivity contribution in [3.8, 4) is 0 Å². The first-order valence-corrected chi connectivity index (χ1v) is 9.04. The van der Waals surface area contributed by atoms with E-state index < -0.39 is 0 Å². The van der Waals surface area contributed by atoms with Crippen LogP contribution in [0.15, 0.2) is 27.8 Å². The zero-order valence-corrected chi connectivity index (χ0v) is 17.6. The van der Waals surface area contributed by atoms with E-state index in [1.54, 1.807) is 6.26 Å². The van der Waals surface area contributed by atoms with E-state index in [4.69, 9.17) is 9.41 Å². The summed E-state index contributed by atoms with van der Waals surface area (Å²) in [6.45, 7) is 10.7. The maximum Gasteiger partial charge on any atom is 0.191 e. The van der Waals surface area contributed by atoms with Crippen molar-refractivity contribution in [2.24, 2.45) is 4.99 Å². The molecule has 6 heteroatoms. The van der Waals surface area contributed by atoms with E-state index in [-0.39, 0.29) is 24.0 Å². The minimum absolute atomic E-state index is 0. The SMILES string of the molecule is CCC(C)NC(=NCC1CCCN1CC)NCCc1ccco1.I. The molecule has 0 aromatic carbocycles. The molecule has 138 valence electrons. The van der Waals surface area contributed by atoms with E-state index in [0.717, 1.165) is 44.2 Å². The van der Waals surface area contributed by atoms with Crippen LogP contribution in [-0.2, 0) is 6.42 Å². The van der Waals surface area contributed by atoms with Crippen molar-refractivity contribution < 1.29 is 4.42 Å². The molecule has 0 saturated carbocycles. The van der Waals surface area contributed by atoms with Gasteiger partial charge in [-0.05, 0) is 51.4 Å². The first kappa shape index (κ1) is 21.3. The lowest BCUT2D eigenvalue weighted by Crippen LogP contribution is -2.43. The summed E-state index contributed by atoms with van der Waals surface area (Å²) in [5.41, 5.74) is 0. The minimum Gasteiger partial charge on any atom is -0.469 e. The molecule has 0 spiro atoms. The number of aliphatic imine (C=N–C) groups is 1. The standard InChI is InChI=1S/C18H32N4O.HI/c1-4-15(3)21-18(19-11-10-17-9-7-13-23-17)20-14-16-8-6-12-22(16)5-2;/h7,9,13,15-16H,4-6,8,10-12,14H2,1-3H3,(H2,19,20,21);1H. The van der Waals surface area contributed by atoms with Gasteiger partial charge in [-0.3, -0.25) is 9.89 Å². The van der Waals surface area contributed by atoms with Crippen LogP contribution >= 0.6 is 24.0 Å². The summed E-state index contributed by atoms with van der Waals surface area (Å²) in [5.74, 6) is 1.93. The number of guanidine groups is 1. The maximum atomic E-state index is 5.38. The molecule has 2 heterocycles. The molecule has 1 aromatic heterocycles. The fourth-order valence-corrected chi connectivity index (χ4v) is 2.96. The fourth-order valence-electron chi connectivity index (χ4n) is 2.96.